The largest absolute Gasteiger partial charge is 0.486 e. The van der Waals surface area contributed by atoms with E-state index in [1.807, 2.05) is 48.5 Å². The molecule has 0 unspecified atom stereocenters. The first-order valence-electron chi connectivity index (χ1n) is 7.57. The molecule has 2 aromatic carbocycles. The van der Waals surface area contributed by atoms with E-state index in [0.717, 1.165) is 16.7 Å². The molecule has 0 fully saturated rings. The fourth-order valence-corrected chi connectivity index (χ4v) is 2.71. The Kier molecular flexibility index (Phi) is 4.92. The fourth-order valence-electron chi connectivity index (χ4n) is 2.46. The number of halogens is 1. The third-order valence-corrected chi connectivity index (χ3v) is 4.01. The van der Waals surface area contributed by atoms with Crippen LogP contribution in [-0.2, 0) is 6.61 Å². The molecule has 1 heterocycles. The molecule has 0 bridgehead atoms. The van der Waals surface area contributed by atoms with Crippen LogP contribution in [0.25, 0.3) is 11.1 Å². The van der Waals surface area contributed by atoms with Crippen molar-refractivity contribution >= 4 is 28.9 Å². The van der Waals surface area contributed by atoms with E-state index >= 15 is 0 Å². The molecule has 0 saturated heterocycles. The monoisotopic (exact) mass is 355 g/mol. The molecular formula is C18H18ClN5O. The van der Waals surface area contributed by atoms with Crippen LogP contribution >= 0.6 is 11.6 Å². The average molecular weight is 356 g/mol. The molecule has 0 saturated carbocycles. The molecule has 0 aliphatic carbocycles. The number of ether oxygens (including phenoxy) is 1. The van der Waals surface area contributed by atoms with Crippen molar-refractivity contribution < 1.29 is 4.74 Å². The van der Waals surface area contributed by atoms with Crippen molar-refractivity contribution in [2.45, 2.75) is 6.61 Å². The molecular weight excluding hydrogens is 338 g/mol. The molecule has 0 amide bonds. The molecule has 1 aromatic heterocycles. The number of aromatic nitrogens is 1. The van der Waals surface area contributed by atoms with Crippen LogP contribution in [0.2, 0.25) is 5.02 Å². The quantitative estimate of drug-likeness (QED) is 0.412. The molecule has 0 aliphatic rings. The molecule has 6 nitrogen and oxygen atoms in total. The van der Waals surface area contributed by atoms with E-state index < -0.39 is 0 Å². The smallest absolute Gasteiger partial charge is 0.169 e. The van der Waals surface area contributed by atoms with Crippen LogP contribution in [0.1, 0.15) is 5.56 Å². The van der Waals surface area contributed by atoms with Gasteiger partial charge in [0.1, 0.15) is 23.9 Å². The summed E-state index contributed by atoms with van der Waals surface area (Å²) in [6, 6.07) is 17.2. The third-order valence-electron chi connectivity index (χ3n) is 3.68. The summed E-state index contributed by atoms with van der Waals surface area (Å²) >= 11 is 6.27. The lowest BCUT2D eigenvalue weighted by molar-refractivity contribution is 0.308. The minimum absolute atomic E-state index is 0.266. The number of anilines is 3. The summed E-state index contributed by atoms with van der Waals surface area (Å²) in [6.45, 7) is 0.315. The minimum Gasteiger partial charge on any atom is -0.486 e. The number of hydrogen-bond acceptors (Lipinski definition) is 6. The summed E-state index contributed by atoms with van der Waals surface area (Å²) < 4.78 is 5.79. The van der Waals surface area contributed by atoms with Crippen LogP contribution in [0, 0.1) is 0 Å². The first-order chi connectivity index (χ1) is 12.1. The molecule has 3 aromatic rings. The molecule has 7 heteroatoms. The fraction of sp³-hybridized carbons (Fsp3) is 0.0556. The zero-order chi connectivity index (χ0) is 17.8. The topological polar surface area (TPSA) is 112 Å². The lowest BCUT2D eigenvalue weighted by atomic mass is 10.0. The third kappa shape index (κ3) is 3.76. The number of benzene rings is 2. The number of nitrogens with two attached hydrogens (primary N) is 3. The first kappa shape index (κ1) is 16.9. The summed E-state index contributed by atoms with van der Waals surface area (Å²) in [7, 11) is 0. The predicted octanol–water partition coefficient (Wildman–Crippen LogP) is 3.43. The minimum atomic E-state index is 0.266. The van der Waals surface area contributed by atoms with Gasteiger partial charge in [0, 0.05) is 16.7 Å². The standard InChI is InChI=1S/C18H18ClN5O/c19-14-7-2-1-6-13(14)12-5-3-4-11(8-12)10-25-15-9-16(20)23-18(24-22)17(15)21/h1-9H,10,21-22H2,(H3,20,23,24). The van der Waals surface area contributed by atoms with Crippen LogP contribution in [-0.4, -0.2) is 4.98 Å². The second-order valence-electron chi connectivity index (χ2n) is 5.42. The van der Waals surface area contributed by atoms with E-state index in [2.05, 4.69) is 10.4 Å². The second kappa shape index (κ2) is 7.29. The Hall–Kier alpha value is -2.96. The molecule has 0 radical (unpaired) electrons. The van der Waals surface area contributed by atoms with Crippen LogP contribution < -0.4 is 27.5 Å². The Bertz CT molecular complexity index is 900. The number of pyridine rings is 1. The van der Waals surface area contributed by atoms with Crippen LogP contribution in [0.5, 0.6) is 5.75 Å². The van der Waals surface area contributed by atoms with Crippen molar-refractivity contribution in [2.24, 2.45) is 5.84 Å². The van der Waals surface area contributed by atoms with Gasteiger partial charge < -0.3 is 21.6 Å². The number of nitrogens with zero attached hydrogens (tertiary/aromatic N) is 1. The molecule has 128 valence electrons. The van der Waals surface area contributed by atoms with Gasteiger partial charge in [-0.1, -0.05) is 48.0 Å². The highest BCUT2D eigenvalue weighted by atomic mass is 35.5. The summed E-state index contributed by atoms with van der Waals surface area (Å²) in [5.74, 6) is 6.34. The van der Waals surface area contributed by atoms with Gasteiger partial charge in [-0.05, 0) is 23.3 Å². The zero-order valence-electron chi connectivity index (χ0n) is 13.4. The van der Waals surface area contributed by atoms with Crippen molar-refractivity contribution in [3.8, 4) is 16.9 Å². The summed E-state index contributed by atoms with van der Waals surface area (Å²) in [6.07, 6.45) is 0. The zero-order valence-corrected chi connectivity index (χ0v) is 14.1. The highest BCUT2D eigenvalue weighted by molar-refractivity contribution is 6.33. The van der Waals surface area contributed by atoms with Crippen molar-refractivity contribution in [3.63, 3.8) is 0 Å². The molecule has 25 heavy (non-hydrogen) atoms. The molecule has 0 aliphatic heterocycles. The van der Waals surface area contributed by atoms with Gasteiger partial charge in [-0.3, -0.25) is 0 Å². The van der Waals surface area contributed by atoms with Crippen LogP contribution in [0.4, 0.5) is 17.3 Å². The Balaban J connectivity index is 1.82. The number of hydrazine groups is 1. The van der Waals surface area contributed by atoms with Gasteiger partial charge in [0.25, 0.3) is 0 Å². The number of rotatable bonds is 5. The highest BCUT2D eigenvalue weighted by Crippen LogP contribution is 2.31. The Labute approximate surface area is 150 Å². The van der Waals surface area contributed by atoms with Crippen molar-refractivity contribution in [2.75, 3.05) is 16.9 Å². The normalized spacial score (nSPS) is 10.5. The predicted molar refractivity (Wildman–Crippen MR) is 102 cm³/mol. The molecule has 0 spiro atoms. The van der Waals surface area contributed by atoms with Crippen molar-refractivity contribution in [3.05, 3.63) is 65.2 Å². The van der Waals surface area contributed by atoms with E-state index in [4.69, 9.17) is 33.6 Å². The van der Waals surface area contributed by atoms with Crippen molar-refractivity contribution in [1.82, 2.24) is 4.98 Å². The van der Waals surface area contributed by atoms with Crippen molar-refractivity contribution in [1.29, 1.82) is 0 Å². The summed E-state index contributed by atoms with van der Waals surface area (Å²) in [5.41, 5.74) is 17.3. The Morgan fingerprint density at radius 3 is 2.60 bits per heavy atom. The average Bonchev–Trinajstić information content (AvgIpc) is 2.62. The van der Waals surface area contributed by atoms with E-state index in [0.29, 0.717) is 23.1 Å². The maximum atomic E-state index is 6.27. The SMILES string of the molecule is NNc1nc(N)cc(OCc2cccc(-c3ccccc3Cl)c2)c1N. The van der Waals surface area contributed by atoms with Gasteiger partial charge in [0.05, 0.1) is 0 Å². The number of hydrogen-bond donors (Lipinski definition) is 4. The van der Waals surface area contributed by atoms with Gasteiger partial charge in [-0.2, -0.15) is 0 Å². The second-order valence-corrected chi connectivity index (χ2v) is 5.83. The van der Waals surface area contributed by atoms with E-state index in [-0.39, 0.29) is 11.6 Å². The Morgan fingerprint density at radius 1 is 1.04 bits per heavy atom. The van der Waals surface area contributed by atoms with E-state index in [1.165, 1.54) is 0 Å². The lowest BCUT2D eigenvalue weighted by Gasteiger charge is -2.13. The van der Waals surface area contributed by atoms with E-state index in [9.17, 15) is 0 Å². The number of nitrogens with one attached hydrogen (secondary N) is 1. The molecule has 0 atom stereocenters. The molecule has 7 N–H and O–H groups in total. The first-order valence-corrected chi connectivity index (χ1v) is 7.95. The van der Waals surface area contributed by atoms with Gasteiger partial charge >= 0.3 is 0 Å². The maximum absolute atomic E-state index is 6.27. The van der Waals surface area contributed by atoms with E-state index in [1.54, 1.807) is 6.07 Å². The van der Waals surface area contributed by atoms with Gasteiger partial charge in [-0.15, -0.1) is 0 Å². The lowest BCUT2D eigenvalue weighted by Crippen LogP contribution is -2.13. The van der Waals surface area contributed by atoms with Gasteiger partial charge in [0.15, 0.2) is 5.82 Å². The summed E-state index contributed by atoms with van der Waals surface area (Å²) in [5, 5.41) is 0.699. The maximum Gasteiger partial charge on any atom is 0.169 e. The van der Waals surface area contributed by atoms with Gasteiger partial charge in [0.2, 0.25) is 0 Å². The van der Waals surface area contributed by atoms with Gasteiger partial charge in [-0.25, -0.2) is 10.8 Å². The summed E-state index contributed by atoms with van der Waals surface area (Å²) in [4.78, 5) is 3.99. The highest BCUT2D eigenvalue weighted by Gasteiger charge is 2.10. The molecule has 3 rings (SSSR count). The van der Waals surface area contributed by atoms with Crippen LogP contribution in [0.15, 0.2) is 54.6 Å². The number of nitrogen functional groups attached to an aromatic ring is 3. The Morgan fingerprint density at radius 2 is 1.84 bits per heavy atom. The van der Waals surface area contributed by atoms with Crippen LogP contribution in [0.3, 0.4) is 0 Å².